The quantitative estimate of drug-likeness (QED) is 0.871. The van der Waals surface area contributed by atoms with Crippen LogP contribution in [0.1, 0.15) is 26.3 Å². The van der Waals surface area contributed by atoms with Crippen molar-refractivity contribution in [2.45, 2.75) is 32.1 Å². The summed E-state index contributed by atoms with van der Waals surface area (Å²) >= 11 is 0. The molecule has 0 radical (unpaired) electrons. The van der Waals surface area contributed by atoms with Crippen molar-refractivity contribution < 1.29 is 17.9 Å². The minimum Gasteiger partial charge on any atom is -0.495 e. The zero-order valence-corrected chi connectivity index (χ0v) is 16.8. The predicted molar refractivity (Wildman–Crippen MR) is 106 cm³/mol. The predicted octanol–water partition coefficient (Wildman–Crippen LogP) is 3.43. The monoisotopic (exact) mass is 388 g/mol. The minimum atomic E-state index is -3.82. The van der Waals surface area contributed by atoms with Gasteiger partial charge in [-0.1, -0.05) is 39.0 Å². The van der Waals surface area contributed by atoms with E-state index in [9.17, 15) is 13.2 Å². The van der Waals surface area contributed by atoms with Gasteiger partial charge in [0, 0.05) is 17.6 Å². The molecule has 2 aromatic carbocycles. The Morgan fingerprint density at radius 2 is 1.85 bits per heavy atom. The Morgan fingerprint density at radius 3 is 2.52 bits per heavy atom. The molecule has 0 bridgehead atoms. The van der Waals surface area contributed by atoms with Crippen molar-refractivity contribution in [1.82, 2.24) is 0 Å². The van der Waals surface area contributed by atoms with Crippen LogP contribution < -0.4 is 14.4 Å². The maximum Gasteiger partial charge on any atom is 0.265 e. The molecule has 0 aromatic heterocycles. The molecule has 0 aliphatic carbocycles. The van der Waals surface area contributed by atoms with Gasteiger partial charge in [-0.05, 0) is 36.2 Å². The molecule has 1 N–H and O–H groups in total. The highest BCUT2D eigenvalue weighted by Crippen LogP contribution is 2.35. The first-order valence-electron chi connectivity index (χ1n) is 8.74. The molecule has 1 aliphatic heterocycles. The summed E-state index contributed by atoms with van der Waals surface area (Å²) in [7, 11) is -2.39. The summed E-state index contributed by atoms with van der Waals surface area (Å²) in [6, 6.07) is 11.7. The molecule has 0 fully saturated rings. The van der Waals surface area contributed by atoms with Gasteiger partial charge in [0.05, 0.1) is 12.8 Å². The molecule has 27 heavy (non-hydrogen) atoms. The summed E-state index contributed by atoms with van der Waals surface area (Å²) in [6.45, 7) is 6.23. The second-order valence-corrected chi connectivity index (χ2v) is 9.21. The fourth-order valence-electron chi connectivity index (χ4n) is 3.11. The second kappa shape index (κ2) is 6.88. The van der Waals surface area contributed by atoms with Crippen LogP contribution in [-0.4, -0.2) is 28.0 Å². The van der Waals surface area contributed by atoms with E-state index < -0.39 is 15.4 Å². The van der Waals surface area contributed by atoms with Gasteiger partial charge in [-0.2, -0.15) is 0 Å². The smallest absolute Gasteiger partial charge is 0.265 e. The molecular formula is C20H24N2O4S. The Balaban J connectivity index is 1.93. The highest BCUT2D eigenvalue weighted by atomic mass is 32.2. The van der Waals surface area contributed by atoms with Crippen molar-refractivity contribution in [3.63, 3.8) is 0 Å². The van der Waals surface area contributed by atoms with Crippen LogP contribution in [0, 0.1) is 5.41 Å². The molecule has 3 rings (SSSR count). The van der Waals surface area contributed by atoms with Gasteiger partial charge in [0.1, 0.15) is 10.6 Å². The van der Waals surface area contributed by atoms with Crippen LogP contribution in [0.4, 0.5) is 11.4 Å². The largest absolute Gasteiger partial charge is 0.495 e. The van der Waals surface area contributed by atoms with E-state index in [-0.39, 0.29) is 16.6 Å². The second-order valence-electron chi connectivity index (χ2n) is 7.56. The first-order chi connectivity index (χ1) is 12.6. The lowest BCUT2D eigenvalue weighted by Gasteiger charge is -2.26. The van der Waals surface area contributed by atoms with Crippen LogP contribution >= 0.6 is 0 Å². The first-order valence-corrected chi connectivity index (χ1v) is 10.2. The summed E-state index contributed by atoms with van der Waals surface area (Å²) in [4.78, 5) is 14.5. The third kappa shape index (κ3) is 3.78. The molecule has 1 aliphatic rings. The number of hydrogen-bond acceptors (Lipinski definition) is 4. The van der Waals surface area contributed by atoms with Gasteiger partial charge in [-0.25, -0.2) is 8.42 Å². The lowest BCUT2D eigenvalue weighted by molar-refractivity contribution is -0.125. The Morgan fingerprint density at radius 1 is 1.15 bits per heavy atom. The van der Waals surface area contributed by atoms with E-state index in [0.29, 0.717) is 12.2 Å². The SMILES string of the molecule is COc1ccccc1S(=O)(=O)Nc1ccc2c(c1)N(C(=O)C(C)(C)C)CC2. The third-order valence-electron chi connectivity index (χ3n) is 4.48. The summed E-state index contributed by atoms with van der Waals surface area (Å²) in [5.74, 6) is 0.293. The number of nitrogens with one attached hydrogen (secondary N) is 1. The van der Waals surface area contributed by atoms with Crippen LogP contribution in [0.3, 0.4) is 0 Å². The summed E-state index contributed by atoms with van der Waals surface area (Å²) in [6.07, 6.45) is 0.761. The average Bonchev–Trinajstić information content (AvgIpc) is 3.02. The van der Waals surface area contributed by atoms with Gasteiger partial charge in [-0.15, -0.1) is 0 Å². The van der Waals surface area contributed by atoms with Crippen LogP contribution in [0.5, 0.6) is 5.75 Å². The van der Waals surface area contributed by atoms with E-state index in [1.165, 1.54) is 13.2 Å². The van der Waals surface area contributed by atoms with Crippen molar-refractivity contribution in [3.8, 4) is 5.75 Å². The van der Waals surface area contributed by atoms with Crippen molar-refractivity contribution in [2.24, 2.45) is 5.41 Å². The first kappa shape index (κ1) is 19.2. The van der Waals surface area contributed by atoms with E-state index in [1.807, 2.05) is 26.8 Å². The molecule has 0 spiro atoms. The van der Waals surface area contributed by atoms with Crippen LogP contribution in [-0.2, 0) is 21.2 Å². The molecule has 144 valence electrons. The van der Waals surface area contributed by atoms with Gasteiger partial charge in [-0.3, -0.25) is 9.52 Å². The number of ether oxygens (including phenoxy) is 1. The zero-order valence-electron chi connectivity index (χ0n) is 15.9. The van der Waals surface area contributed by atoms with E-state index >= 15 is 0 Å². The number of methoxy groups -OCH3 is 1. The maximum atomic E-state index is 12.8. The third-order valence-corrected chi connectivity index (χ3v) is 5.90. The van der Waals surface area contributed by atoms with Gasteiger partial charge >= 0.3 is 0 Å². The highest BCUT2D eigenvalue weighted by molar-refractivity contribution is 7.92. The fraction of sp³-hybridized carbons (Fsp3) is 0.350. The Hall–Kier alpha value is -2.54. The van der Waals surface area contributed by atoms with Crippen LogP contribution in [0.15, 0.2) is 47.4 Å². The van der Waals surface area contributed by atoms with Crippen LogP contribution in [0.2, 0.25) is 0 Å². The number of anilines is 2. The molecule has 1 amide bonds. The number of rotatable bonds is 4. The molecule has 0 saturated heterocycles. The van der Waals surface area contributed by atoms with E-state index in [1.54, 1.807) is 35.2 Å². The topological polar surface area (TPSA) is 75.7 Å². The number of hydrogen-bond donors (Lipinski definition) is 1. The molecule has 2 aromatic rings. The van der Waals surface area contributed by atoms with Gasteiger partial charge < -0.3 is 9.64 Å². The minimum absolute atomic E-state index is 0.0194. The summed E-state index contributed by atoms with van der Waals surface area (Å²) in [5.41, 5.74) is 1.70. The normalized spacial score (nSPS) is 14.0. The maximum absolute atomic E-state index is 12.8. The van der Waals surface area contributed by atoms with E-state index in [2.05, 4.69) is 4.72 Å². The molecule has 7 heteroatoms. The van der Waals surface area contributed by atoms with Gasteiger partial charge in [0.15, 0.2) is 0 Å². The molecule has 0 saturated carbocycles. The Kier molecular flexibility index (Phi) is 4.90. The number of nitrogens with zero attached hydrogens (tertiary/aromatic N) is 1. The lowest BCUT2D eigenvalue weighted by Crippen LogP contribution is -2.38. The zero-order chi connectivity index (χ0) is 19.8. The highest BCUT2D eigenvalue weighted by Gasteiger charge is 2.32. The number of fused-ring (bicyclic) bond motifs is 1. The van der Waals surface area contributed by atoms with Gasteiger partial charge in [0.2, 0.25) is 5.91 Å². The number of carbonyl (C=O) groups is 1. The Bertz CT molecular complexity index is 978. The number of amides is 1. The molecule has 0 atom stereocenters. The van der Waals surface area contributed by atoms with E-state index in [4.69, 9.17) is 4.74 Å². The summed E-state index contributed by atoms with van der Waals surface area (Å²) < 4.78 is 33.3. The van der Waals surface area contributed by atoms with Crippen molar-refractivity contribution in [1.29, 1.82) is 0 Å². The van der Waals surface area contributed by atoms with E-state index in [0.717, 1.165) is 17.7 Å². The van der Waals surface area contributed by atoms with Crippen molar-refractivity contribution in [3.05, 3.63) is 48.0 Å². The number of sulfonamides is 1. The molecule has 1 heterocycles. The number of carbonyl (C=O) groups excluding carboxylic acids is 1. The molecule has 0 unspecified atom stereocenters. The average molecular weight is 388 g/mol. The molecular weight excluding hydrogens is 364 g/mol. The Labute approximate surface area is 160 Å². The van der Waals surface area contributed by atoms with Crippen molar-refractivity contribution >= 4 is 27.3 Å². The standard InChI is InChI=1S/C20H24N2O4S/c1-20(2,3)19(23)22-12-11-14-9-10-15(13-16(14)22)21-27(24,25)18-8-6-5-7-17(18)26-4/h5-10,13,21H,11-12H2,1-4H3. The summed E-state index contributed by atoms with van der Waals surface area (Å²) in [5, 5.41) is 0. The van der Waals surface area contributed by atoms with Crippen LogP contribution in [0.25, 0.3) is 0 Å². The fourth-order valence-corrected chi connectivity index (χ4v) is 4.33. The lowest BCUT2D eigenvalue weighted by atomic mass is 9.94. The number of para-hydroxylation sites is 1. The van der Waals surface area contributed by atoms with Gasteiger partial charge in [0.25, 0.3) is 10.0 Å². The van der Waals surface area contributed by atoms with Crippen molar-refractivity contribution in [2.75, 3.05) is 23.3 Å². The number of benzene rings is 2. The molecule has 6 nitrogen and oxygen atoms in total.